The SMILES string of the molecule is CCC=CCOc1ccc(-c2ccc(-c3ccc(C4CCC(C5CCC(CCCCC)CC5)CC4)c(F)c3)cc2)c(F)c1F. The van der Waals surface area contributed by atoms with Gasteiger partial charge >= 0.3 is 0 Å². The monoisotopic (exact) mass is 602 g/mol. The first kappa shape index (κ1) is 32.4. The Kier molecular flexibility index (Phi) is 11.6. The summed E-state index contributed by atoms with van der Waals surface area (Å²) in [6.45, 7) is 4.47. The number of rotatable bonds is 12. The standard InChI is InChI=1S/C40H49F3O/c1-3-5-7-9-28-10-12-29(13-11-28)30-14-18-32(19-15-30)35-23-22-34(27-37(35)41)31-16-20-33(21-17-31)36-24-25-38(40(43)39(36)42)44-26-8-6-4-2/h6,8,16-17,20-25,27-30,32H,3-5,7,9-15,18-19,26H2,1-2H3. The van der Waals surface area contributed by atoms with Gasteiger partial charge in [-0.2, -0.15) is 4.39 Å². The van der Waals surface area contributed by atoms with Crippen LogP contribution in [-0.2, 0) is 0 Å². The predicted octanol–water partition coefficient (Wildman–Crippen LogP) is 12.4. The van der Waals surface area contributed by atoms with Gasteiger partial charge in [0, 0.05) is 5.56 Å². The molecule has 1 nitrogen and oxygen atoms in total. The molecule has 236 valence electrons. The summed E-state index contributed by atoms with van der Waals surface area (Å²) < 4.78 is 50.4. The van der Waals surface area contributed by atoms with Gasteiger partial charge in [0.05, 0.1) is 0 Å². The largest absolute Gasteiger partial charge is 0.486 e. The summed E-state index contributed by atoms with van der Waals surface area (Å²) >= 11 is 0. The van der Waals surface area contributed by atoms with E-state index in [4.69, 9.17) is 4.74 Å². The third kappa shape index (κ3) is 7.98. The average molecular weight is 603 g/mol. The number of ether oxygens (including phenoxy) is 1. The molecule has 0 aromatic heterocycles. The van der Waals surface area contributed by atoms with Crippen LogP contribution in [-0.4, -0.2) is 6.61 Å². The zero-order valence-corrected chi connectivity index (χ0v) is 26.6. The topological polar surface area (TPSA) is 9.23 Å². The second-order valence-corrected chi connectivity index (χ2v) is 13.1. The first-order valence-electron chi connectivity index (χ1n) is 17.1. The van der Waals surface area contributed by atoms with E-state index in [9.17, 15) is 8.78 Å². The molecule has 0 saturated heterocycles. The molecule has 0 aliphatic heterocycles. The first-order valence-corrected chi connectivity index (χ1v) is 17.1. The van der Waals surface area contributed by atoms with E-state index in [1.165, 1.54) is 76.3 Å². The summed E-state index contributed by atoms with van der Waals surface area (Å²) in [5.74, 6) is 0.759. The van der Waals surface area contributed by atoms with E-state index in [0.29, 0.717) is 11.5 Å². The molecule has 2 aliphatic carbocycles. The van der Waals surface area contributed by atoms with Crippen LogP contribution in [0.25, 0.3) is 22.3 Å². The lowest BCUT2D eigenvalue weighted by Gasteiger charge is -2.38. The molecule has 2 aliphatic rings. The lowest BCUT2D eigenvalue weighted by molar-refractivity contribution is 0.155. The van der Waals surface area contributed by atoms with Gasteiger partial charge in [-0.05, 0) is 109 Å². The molecule has 4 heteroatoms. The Labute approximate surface area is 262 Å². The van der Waals surface area contributed by atoms with Crippen molar-refractivity contribution >= 4 is 0 Å². The Morgan fingerprint density at radius 3 is 2.00 bits per heavy atom. The third-order valence-electron chi connectivity index (χ3n) is 10.3. The predicted molar refractivity (Wildman–Crippen MR) is 176 cm³/mol. The van der Waals surface area contributed by atoms with Crippen molar-refractivity contribution in [2.45, 2.75) is 103 Å². The van der Waals surface area contributed by atoms with E-state index in [1.807, 2.05) is 37.3 Å². The minimum atomic E-state index is -0.992. The highest BCUT2D eigenvalue weighted by atomic mass is 19.2. The van der Waals surface area contributed by atoms with Gasteiger partial charge in [0.25, 0.3) is 0 Å². The van der Waals surface area contributed by atoms with Crippen LogP contribution in [0, 0.1) is 35.2 Å². The molecular formula is C40H49F3O. The highest BCUT2D eigenvalue weighted by molar-refractivity contribution is 5.71. The number of benzene rings is 3. The highest BCUT2D eigenvalue weighted by Gasteiger charge is 2.32. The summed E-state index contributed by atoms with van der Waals surface area (Å²) in [6.07, 6.45) is 20.3. The lowest BCUT2D eigenvalue weighted by atomic mass is 9.68. The minimum Gasteiger partial charge on any atom is -0.486 e. The molecule has 0 atom stereocenters. The van der Waals surface area contributed by atoms with Crippen LogP contribution >= 0.6 is 0 Å². The molecular weight excluding hydrogens is 553 g/mol. The van der Waals surface area contributed by atoms with E-state index in [-0.39, 0.29) is 23.7 Å². The maximum Gasteiger partial charge on any atom is 0.201 e. The smallest absolute Gasteiger partial charge is 0.201 e. The van der Waals surface area contributed by atoms with Gasteiger partial charge in [0.15, 0.2) is 11.6 Å². The van der Waals surface area contributed by atoms with Crippen LogP contribution < -0.4 is 4.74 Å². The van der Waals surface area contributed by atoms with Crippen molar-refractivity contribution in [1.82, 2.24) is 0 Å². The first-order chi connectivity index (χ1) is 21.5. The van der Waals surface area contributed by atoms with Crippen molar-refractivity contribution in [3.8, 4) is 28.0 Å². The number of allylic oxidation sites excluding steroid dienone is 1. The average Bonchev–Trinajstić information content (AvgIpc) is 3.06. The maximum atomic E-state index is 15.4. The van der Waals surface area contributed by atoms with E-state index >= 15 is 4.39 Å². The summed E-state index contributed by atoms with van der Waals surface area (Å²) in [4.78, 5) is 0. The van der Waals surface area contributed by atoms with Gasteiger partial charge < -0.3 is 4.74 Å². The van der Waals surface area contributed by atoms with Gasteiger partial charge in [-0.3, -0.25) is 0 Å². The second kappa shape index (κ2) is 15.8. The molecule has 2 fully saturated rings. The molecule has 5 rings (SSSR count). The Hall–Kier alpha value is -3.01. The van der Waals surface area contributed by atoms with Crippen LogP contribution in [0.5, 0.6) is 5.75 Å². The van der Waals surface area contributed by atoms with Crippen LogP contribution in [0.1, 0.15) is 109 Å². The summed E-state index contributed by atoms with van der Waals surface area (Å²) in [5, 5.41) is 0. The lowest BCUT2D eigenvalue weighted by Crippen LogP contribution is -2.25. The Morgan fingerprint density at radius 2 is 1.34 bits per heavy atom. The summed E-state index contributed by atoms with van der Waals surface area (Å²) in [5.41, 5.74) is 3.20. The fraction of sp³-hybridized carbons (Fsp3) is 0.500. The summed E-state index contributed by atoms with van der Waals surface area (Å²) in [6, 6.07) is 15.8. The van der Waals surface area contributed by atoms with Gasteiger partial charge in [-0.1, -0.05) is 101 Å². The van der Waals surface area contributed by atoms with Crippen molar-refractivity contribution < 1.29 is 17.9 Å². The third-order valence-corrected chi connectivity index (χ3v) is 10.3. The van der Waals surface area contributed by atoms with Crippen molar-refractivity contribution in [1.29, 1.82) is 0 Å². The molecule has 0 spiro atoms. The van der Waals surface area contributed by atoms with E-state index in [0.717, 1.165) is 53.7 Å². The highest BCUT2D eigenvalue weighted by Crippen LogP contribution is 2.45. The van der Waals surface area contributed by atoms with Crippen molar-refractivity contribution in [3.05, 3.63) is 89.8 Å². The second-order valence-electron chi connectivity index (χ2n) is 13.1. The van der Waals surface area contributed by atoms with Crippen LogP contribution in [0.4, 0.5) is 13.2 Å². The Balaban J connectivity index is 1.16. The molecule has 0 unspecified atom stereocenters. The molecule has 2 saturated carbocycles. The molecule has 3 aromatic rings. The Morgan fingerprint density at radius 1 is 0.682 bits per heavy atom. The summed E-state index contributed by atoms with van der Waals surface area (Å²) in [7, 11) is 0. The molecule has 0 heterocycles. The molecule has 44 heavy (non-hydrogen) atoms. The van der Waals surface area contributed by atoms with E-state index in [2.05, 4.69) is 6.92 Å². The molecule has 0 radical (unpaired) electrons. The van der Waals surface area contributed by atoms with E-state index < -0.39 is 11.6 Å². The molecule has 0 bridgehead atoms. The zero-order valence-electron chi connectivity index (χ0n) is 26.6. The van der Waals surface area contributed by atoms with Gasteiger partial charge in [0.2, 0.25) is 5.82 Å². The van der Waals surface area contributed by atoms with E-state index in [1.54, 1.807) is 24.3 Å². The normalized spacial score (nSPS) is 22.4. The van der Waals surface area contributed by atoms with Crippen molar-refractivity contribution in [3.63, 3.8) is 0 Å². The van der Waals surface area contributed by atoms with Gasteiger partial charge in [-0.15, -0.1) is 0 Å². The molecule has 0 N–H and O–H groups in total. The maximum absolute atomic E-state index is 15.4. The van der Waals surface area contributed by atoms with Crippen molar-refractivity contribution in [2.24, 2.45) is 17.8 Å². The van der Waals surface area contributed by atoms with Crippen LogP contribution in [0.15, 0.2) is 66.7 Å². The number of hydrogen-bond donors (Lipinski definition) is 0. The van der Waals surface area contributed by atoms with Crippen LogP contribution in [0.3, 0.4) is 0 Å². The van der Waals surface area contributed by atoms with Crippen LogP contribution in [0.2, 0.25) is 0 Å². The van der Waals surface area contributed by atoms with Crippen molar-refractivity contribution in [2.75, 3.05) is 6.61 Å². The minimum absolute atomic E-state index is 0.104. The fourth-order valence-corrected chi connectivity index (χ4v) is 7.65. The van der Waals surface area contributed by atoms with Gasteiger partial charge in [-0.25, -0.2) is 8.78 Å². The number of halogens is 3. The fourth-order valence-electron chi connectivity index (χ4n) is 7.65. The zero-order chi connectivity index (χ0) is 30.9. The molecule has 0 amide bonds. The quantitative estimate of drug-likeness (QED) is 0.148. The Bertz CT molecular complexity index is 1360. The van der Waals surface area contributed by atoms with Gasteiger partial charge in [0.1, 0.15) is 12.4 Å². The number of unbranched alkanes of at least 4 members (excludes halogenated alkanes) is 2. The number of hydrogen-bond acceptors (Lipinski definition) is 1. The molecule has 3 aromatic carbocycles.